The lowest BCUT2D eigenvalue weighted by Gasteiger charge is -2.17. The van der Waals surface area contributed by atoms with Crippen molar-refractivity contribution in [1.82, 2.24) is 10.3 Å². The number of carbonyl (C=O) groups is 1. The number of aryl methyl sites for hydroxylation is 2. The van der Waals surface area contributed by atoms with Gasteiger partial charge >= 0.3 is 0 Å². The van der Waals surface area contributed by atoms with E-state index in [0.717, 1.165) is 17.1 Å². The molecule has 1 amide bonds. The maximum absolute atomic E-state index is 12.0. The molecule has 5 heteroatoms. The lowest BCUT2D eigenvalue weighted by Crippen LogP contribution is -2.37. The van der Waals surface area contributed by atoms with Gasteiger partial charge in [0.25, 0.3) is 5.91 Å². The number of rotatable bonds is 5. The van der Waals surface area contributed by atoms with E-state index in [-0.39, 0.29) is 11.9 Å². The first-order valence-electron chi connectivity index (χ1n) is 5.74. The molecule has 0 aliphatic rings. The third-order valence-electron chi connectivity index (χ3n) is 2.39. The minimum Gasteiger partial charge on any atom is -0.347 e. The van der Waals surface area contributed by atoms with Gasteiger partial charge in [0, 0.05) is 11.9 Å². The third-order valence-corrected chi connectivity index (χ3v) is 3.83. The summed E-state index contributed by atoms with van der Waals surface area (Å²) in [6, 6.07) is 0.0333. The summed E-state index contributed by atoms with van der Waals surface area (Å²) in [6.07, 6.45) is 0.895. The van der Waals surface area contributed by atoms with Gasteiger partial charge in [-0.3, -0.25) is 4.79 Å². The number of hydrogen-bond acceptors (Lipinski definition) is 3. The summed E-state index contributed by atoms with van der Waals surface area (Å²) in [5, 5.41) is 3.88. The van der Waals surface area contributed by atoms with Gasteiger partial charge in [0.05, 0.1) is 10.7 Å². The van der Waals surface area contributed by atoms with E-state index in [1.165, 1.54) is 11.3 Å². The first-order chi connectivity index (χ1) is 7.93. The summed E-state index contributed by atoms with van der Waals surface area (Å²) in [5.74, 6) is 0.906. The molecule has 0 bridgehead atoms. The van der Waals surface area contributed by atoms with Crippen LogP contribution in [-0.4, -0.2) is 22.8 Å². The van der Waals surface area contributed by atoms with Crippen LogP contribution < -0.4 is 5.32 Å². The molecule has 0 fully saturated rings. The van der Waals surface area contributed by atoms with E-state index < -0.39 is 0 Å². The van der Waals surface area contributed by atoms with Gasteiger partial charge in [-0.2, -0.15) is 0 Å². The average Bonchev–Trinajstić information content (AvgIpc) is 2.56. The van der Waals surface area contributed by atoms with Gasteiger partial charge in [-0.15, -0.1) is 22.9 Å². The quantitative estimate of drug-likeness (QED) is 0.838. The van der Waals surface area contributed by atoms with Gasteiger partial charge in [0.15, 0.2) is 0 Å². The van der Waals surface area contributed by atoms with E-state index in [1.54, 1.807) is 0 Å². The standard InChI is InChI=1S/C12H19ClN2OS/c1-7(2)5-10(6-13)15-12(16)11-8(3)14-9(4)17-11/h7,10H,5-6H2,1-4H3,(H,15,16). The van der Waals surface area contributed by atoms with Crippen molar-refractivity contribution in [2.24, 2.45) is 5.92 Å². The number of aromatic nitrogens is 1. The summed E-state index contributed by atoms with van der Waals surface area (Å²) in [5.41, 5.74) is 0.794. The fraction of sp³-hybridized carbons (Fsp3) is 0.667. The highest BCUT2D eigenvalue weighted by atomic mass is 35.5. The normalized spacial score (nSPS) is 12.8. The zero-order valence-electron chi connectivity index (χ0n) is 10.7. The summed E-state index contributed by atoms with van der Waals surface area (Å²) in [7, 11) is 0. The molecule has 1 unspecified atom stereocenters. The second-order valence-corrected chi connectivity index (χ2v) is 6.11. The molecule has 1 heterocycles. The summed E-state index contributed by atoms with van der Waals surface area (Å²) < 4.78 is 0. The van der Waals surface area contributed by atoms with Crippen molar-refractivity contribution in [2.45, 2.75) is 40.2 Å². The summed E-state index contributed by atoms with van der Waals surface area (Å²) >= 11 is 7.29. The van der Waals surface area contributed by atoms with Crippen LogP contribution in [0.1, 0.15) is 40.6 Å². The zero-order chi connectivity index (χ0) is 13.0. The largest absolute Gasteiger partial charge is 0.347 e. The van der Waals surface area contributed by atoms with Gasteiger partial charge in [-0.25, -0.2) is 4.98 Å². The minimum absolute atomic E-state index is 0.0333. The molecular weight excluding hydrogens is 256 g/mol. The molecule has 0 aliphatic carbocycles. The van der Waals surface area contributed by atoms with Crippen LogP contribution in [0.2, 0.25) is 0 Å². The predicted molar refractivity (Wildman–Crippen MR) is 73.0 cm³/mol. The molecular formula is C12H19ClN2OS. The van der Waals surface area contributed by atoms with Gasteiger partial charge in [-0.05, 0) is 26.2 Å². The van der Waals surface area contributed by atoms with Crippen LogP contribution in [0.5, 0.6) is 0 Å². The number of halogens is 1. The SMILES string of the molecule is Cc1nc(C)c(C(=O)NC(CCl)CC(C)C)s1. The number of nitrogens with zero attached hydrogens (tertiary/aromatic N) is 1. The van der Waals surface area contributed by atoms with Crippen LogP contribution in [0.3, 0.4) is 0 Å². The fourth-order valence-electron chi connectivity index (χ4n) is 1.72. The van der Waals surface area contributed by atoms with E-state index >= 15 is 0 Å². The molecule has 17 heavy (non-hydrogen) atoms. The Hall–Kier alpha value is -0.610. The molecule has 1 atom stereocenters. The van der Waals surface area contributed by atoms with Crippen LogP contribution in [0, 0.1) is 19.8 Å². The van der Waals surface area contributed by atoms with Crippen molar-refractivity contribution < 1.29 is 4.79 Å². The Morgan fingerprint density at radius 3 is 2.53 bits per heavy atom. The summed E-state index contributed by atoms with van der Waals surface area (Å²) in [4.78, 5) is 17.0. The fourth-order valence-corrected chi connectivity index (χ4v) is 2.75. The molecule has 0 saturated heterocycles. The van der Waals surface area contributed by atoms with Gasteiger partial charge in [0.1, 0.15) is 4.88 Å². The van der Waals surface area contributed by atoms with Crippen LogP contribution in [0.4, 0.5) is 0 Å². The molecule has 0 saturated carbocycles. The molecule has 1 N–H and O–H groups in total. The first kappa shape index (κ1) is 14.5. The van der Waals surface area contributed by atoms with E-state index in [4.69, 9.17) is 11.6 Å². The smallest absolute Gasteiger partial charge is 0.263 e. The number of thiazole rings is 1. The Bertz CT molecular complexity index is 390. The number of amides is 1. The predicted octanol–water partition coefficient (Wildman–Crippen LogP) is 3.14. The van der Waals surface area contributed by atoms with Gasteiger partial charge in [-0.1, -0.05) is 13.8 Å². The second-order valence-electron chi connectivity index (χ2n) is 4.60. The monoisotopic (exact) mass is 274 g/mol. The van der Waals surface area contributed by atoms with E-state index in [9.17, 15) is 4.79 Å². The van der Waals surface area contributed by atoms with Gasteiger partial charge < -0.3 is 5.32 Å². The molecule has 1 aromatic rings. The number of carbonyl (C=O) groups excluding carboxylic acids is 1. The lowest BCUT2D eigenvalue weighted by atomic mass is 10.1. The van der Waals surface area contributed by atoms with Crippen molar-refractivity contribution >= 4 is 28.8 Å². The van der Waals surface area contributed by atoms with Crippen molar-refractivity contribution in [2.75, 3.05) is 5.88 Å². The Morgan fingerprint density at radius 1 is 1.47 bits per heavy atom. The van der Waals surface area contributed by atoms with E-state index in [1.807, 2.05) is 13.8 Å². The number of hydrogen-bond donors (Lipinski definition) is 1. The molecule has 0 aromatic carbocycles. The Kier molecular flexibility index (Phi) is 5.40. The molecule has 0 radical (unpaired) electrons. The molecule has 0 spiro atoms. The average molecular weight is 275 g/mol. The van der Waals surface area contributed by atoms with Crippen LogP contribution in [0.15, 0.2) is 0 Å². The number of nitrogens with one attached hydrogen (secondary N) is 1. The molecule has 1 aromatic heterocycles. The maximum atomic E-state index is 12.0. The van der Waals surface area contributed by atoms with E-state index in [0.29, 0.717) is 16.7 Å². The van der Waals surface area contributed by atoms with Crippen molar-refractivity contribution in [1.29, 1.82) is 0 Å². The third kappa shape index (κ3) is 4.28. The topological polar surface area (TPSA) is 42.0 Å². The Labute approximate surface area is 112 Å². The summed E-state index contributed by atoms with van der Waals surface area (Å²) in [6.45, 7) is 8.00. The van der Waals surface area contributed by atoms with Crippen LogP contribution in [0.25, 0.3) is 0 Å². The molecule has 1 rings (SSSR count). The molecule has 96 valence electrons. The Morgan fingerprint density at radius 2 is 2.12 bits per heavy atom. The van der Waals surface area contributed by atoms with Crippen molar-refractivity contribution in [3.63, 3.8) is 0 Å². The Balaban J connectivity index is 2.67. The highest BCUT2D eigenvalue weighted by Gasteiger charge is 2.18. The number of alkyl halides is 1. The van der Waals surface area contributed by atoms with Crippen molar-refractivity contribution in [3.05, 3.63) is 15.6 Å². The first-order valence-corrected chi connectivity index (χ1v) is 7.10. The highest BCUT2D eigenvalue weighted by Crippen LogP contribution is 2.17. The van der Waals surface area contributed by atoms with Gasteiger partial charge in [0.2, 0.25) is 0 Å². The zero-order valence-corrected chi connectivity index (χ0v) is 12.3. The van der Waals surface area contributed by atoms with E-state index in [2.05, 4.69) is 24.1 Å². The second kappa shape index (κ2) is 6.36. The van der Waals surface area contributed by atoms with Crippen LogP contribution >= 0.6 is 22.9 Å². The lowest BCUT2D eigenvalue weighted by molar-refractivity contribution is 0.0940. The molecule has 0 aliphatic heterocycles. The van der Waals surface area contributed by atoms with Crippen LogP contribution in [-0.2, 0) is 0 Å². The highest BCUT2D eigenvalue weighted by molar-refractivity contribution is 7.13. The molecule has 3 nitrogen and oxygen atoms in total. The van der Waals surface area contributed by atoms with Crippen molar-refractivity contribution in [3.8, 4) is 0 Å². The maximum Gasteiger partial charge on any atom is 0.263 e. The minimum atomic E-state index is -0.0561.